The number of rotatable bonds is 7. The number of halogens is 2. The average Bonchev–Trinajstić information content (AvgIpc) is 3.54. The fourth-order valence-corrected chi connectivity index (χ4v) is 4.68. The Bertz CT molecular complexity index is 1090. The summed E-state index contributed by atoms with van der Waals surface area (Å²) in [5, 5.41) is 8.65. The van der Waals surface area contributed by atoms with Gasteiger partial charge in [-0.05, 0) is 63.1 Å². The van der Waals surface area contributed by atoms with Gasteiger partial charge < -0.3 is 25.7 Å². The van der Waals surface area contributed by atoms with Crippen molar-refractivity contribution in [1.29, 1.82) is 0 Å². The van der Waals surface area contributed by atoms with Crippen molar-refractivity contribution >= 4 is 35.0 Å². The highest BCUT2D eigenvalue weighted by molar-refractivity contribution is 6.33. The number of aryl methyl sites for hydroxylation is 1. The van der Waals surface area contributed by atoms with Crippen LogP contribution in [0.3, 0.4) is 0 Å². The van der Waals surface area contributed by atoms with Crippen molar-refractivity contribution < 1.29 is 23.5 Å². The van der Waals surface area contributed by atoms with Crippen molar-refractivity contribution in [3.05, 3.63) is 46.3 Å². The Kier molecular flexibility index (Phi) is 8.02. The minimum atomic E-state index is -0.429. The van der Waals surface area contributed by atoms with Gasteiger partial charge in [0.25, 0.3) is 11.8 Å². The standard InChI is InChI=1S/C24H29ClFN5O4/c1-13-9-19(17(25)10-18(13)26)31-22(32)14-4-6-15(7-5-14)30-24(34)21-20(28-12-29-21)23(33)27-11-16-3-2-8-35-16/h9-10,12,14-16H,2-8,11H2,1H3,(H,27,33)(H,28,29)(H,30,34)(H,31,32)/t14-,15-,16?. The summed E-state index contributed by atoms with van der Waals surface area (Å²) in [6.45, 7) is 2.68. The maximum absolute atomic E-state index is 13.6. The maximum atomic E-state index is 13.6. The van der Waals surface area contributed by atoms with Crippen LogP contribution in [0.2, 0.25) is 5.02 Å². The average molecular weight is 506 g/mol. The number of amides is 3. The number of benzene rings is 1. The Morgan fingerprint density at radius 2 is 1.94 bits per heavy atom. The second-order valence-electron chi connectivity index (χ2n) is 9.06. The summed E-state index contributed by atoms with van der Waals surface area (Å²) in [6.07, 6.45) is 5.54. The molecular formula is C24H29ClFN5O4. The largest absolute Gasteiger partial charge is 0.376 e. The molecule has 4 rings (SSSR count). The lowest BCUT2D eigenvalue weighted by atomic mass is 9.85. The van der Waals surface area contributed by atoms with Crippen molar-refractivity contribution in [3.63, 3.8) is 0 Å². The van der Waals surface area contributed by atoms with E-state index in [1.54, 1.807) is 6.92 Å². The van der Waals surface area contributed by atoms with Crippen LogP contribution in [-0.4, -0.2) is 53.0 Å². The Balaban J connectivity index is 1.26. The van der Waals surface area contributed by atoms with Crippen molar-refractivity contribution in [2.75, 3.05) is 18.5 Å². The minimum Gasteiger partial charge on any atom is -0.376 e. The second kappa shape index (κ2) is 11.2. The van der Waals surface area contributed by atoms with E-state index in [0.29, 0.717) is 50.1 Å². The lowest BCUT2D eigenvalue weighted by Gasteiger charge is -2.28. The molecule has 35 heavy (non-hydrogen) atoms. The van der Waals surface area contributed by atoms with Gasteiger partial charge in [-0.3, -0.25) is 14.4 Å². The predicted octanol–water partition coefficient (Wildman–Crippen LogP) is 3.35. The third-order valence-corrected chi connectivity index (χ3v) is 6.85. The minimum absolute atomic E-state index is 0.00865. The molecule has 1 aliphatic heterocycles. The first kappa shape index (κ1) is 25.1. The van der Waals surface area contributed by atoms with E-state index >= 15 is 0 Å². The number of nitrogens with zero attached hydrogens (tertiary/aromatic N) is 1. The molecule has 4 N–H and O–H groups in total. The van der Waals surface area contributed by atoms with E-state index in [0.717, 1.165) is 12.8 Å². The molecule has 0 radical (unpaired) electrons. The second-order valence-corrected chi connectivity index (χ2v) is 9.47. The Labute approximate surface area is 207 Å². The highest BCUT2D eigenvalue weighted by atomic mass is 35.5. The van der Waals surface area contributed by atoms with E-state index in [1.807, 2.05) is 0 Å². The molecule has 2 aromatic rings. The monoisotopic (exact) mass is 505 g/mol. The van der Waals surface area contributed by atoms with Gasteiger partial charge in [0.05, 0.1) is 23.1 Å². The molecule has 2 aliphatic rings. The molecule has 1 atom stereocenters. The number of carbonyl (C=O) groups excluding carboxylic acids is 3. The number of aromatic amines is 1. The molecule has 1 aromatic carbocycles. The number of hydrogen-bond acceptors (Lipinski definition) is 5. The lowest BCUT2D eigenvalue weighted by molar-refractivity contribution is -0.120. The van der Waals surface area contributed by atoms with Crippen LogP contribution in [0.4, 0.5) is 10.1 Å². The van der Waals surface area contributed by atoms with Crippen LogP contribution in [-0.2, 0) is 9.53 Å². The zero-order valence-electron chi connectivity index (χ0n) is 19.5. The van der Waals surface area contributed by atoms with Gasteiger partial charge in [-0.1, -0.05) is 11.6 Å². The molecule has 9 nitrogen and oxygen atoms in total. The quantitative estimate of drug-likeness (QED) is 0.459. The highest BCUT2D eigenvalue weighted by Crippen LogP contribution is 2.29. The number of nitrogens with one attached hydrogen (secondary N) is 4. The van der Waals surface area contributed by atoms with E-state index in [-0.39, 0.29) is 40.4 Å². The fraction of sp³-hybridized carbons (Fsp3) is 0.500. The van der Waals surface area contributed by atoms with Gasteiger partial charge in [0.1, 0.15) is 11.5 Å². The van der Waals surface area contributed by atoms with Crippen molar-refractivity contribution in [3.8, 4) is 0 Å². The van der Waals surface area contributed by atoms with Gasteiger partial charge in [0.2, 0.25) is 5.91 Å². The molecule has 2 fully saturated rings. The molecule has 1 unspecified atom stereocenters. The van der Waals surface area contributed by atoms with Crippen molar-refractivity contribution in [1.82, 2.24) is 20.6 Å². The summed E-state index contributed by atoms with van der Waals surface area (Å²) in [5.74, 6) is -1.68. The normalized spacial score (nSPS) is 22.0. The first-order valence-corrected chi connectivity index (χ1v) is 12.2. The van der Waals surface area contributed by atoms with E-state index in [4.69, 9.17) is 16.3 Å². The number of ether oxygens (including phenoxy) is 1. The SMILES string of the molecule is Cc1cc(NC(=O)[C@H]2CC[C@H](NC(=O)c3[nH]cnc3C(=O)NCC3CCCO3)CC2)c(Cl)cc1F. The molecule has 1 saturated carbocycles. The van der Waals surface area contributed by atoms with Gasteiger partial charge >= 0.3 is 0 Å². The number of aromatic nitrogens is 2. The lowest BCUT2D eigenvalue weighted by Crippen LogP contribution is -2.40. The molecule has 3 amide bonds. The maximum Gasteiger partial charge on any atom is 0.272 e. The summed E-state index contributed by atoms with van der Waals surface area (Å²) in [6, 6.07) is 2.57. The summed E-state index contributed by atoms with van der Waals surface area (Å²) in [5.41, 5.74) is 0.932. The van der Waals surface area contributed by atoms with E-state index in [2.05, 4.69) is 25.9 Å². The molecule has 11 heteroatoms. The molecule has 0 bridgehead atoms. The molecule has 1 aromatic heterocycles. The van der Waals surface area contributed by atoms with Crippen LogP contribution in [0.15, 0.2) is 18.5 Å². The van der Waals surface area contributed by atoms with Crippen LogP contribution in [0.5, 0.6) is 0 Å². The van der Waals surface area contributed by atoms with Crippen LogP contribution in [0, 0.1) is 18.7 Å². The molecule has 0 spiro atoms. The van der Waals surface area contributed by atoms with Crippen LogP contribution in [0.1, 0.15) is 65.1 Å². The van der Waals surface area contributed by atoms with Gasteiger partial charge in [-0.25, -0.2) is 9.37 Å². The van der Waals surface area contributed by atoms with E-state index in [1.165, 1.54) is 18.5 Å². The highest BCUT2D eigenvalue weighted by Gasteiger charge is 2.29. The zero-order chi connectivity index (χ0) is 24.9. The van der Waals surface area contributed by atoms with Gasteiger partial charge in [0, 0.05) is 25.1 Å². The van der Waals surface area contributed by atoms with Crippen LogP contribution < -0.4 is 16.0 Å². The summed E-state index contributed by atoms with van der Waals surface area (Å²) < 4.78 is 19.1. The fourth-order valence-electron chi connectivity index (χ4n) is 4.48. The van der Waals surface area contributed by atoms with Gasteiger partial charge in [0.15, 0.2) is 5.69 Å². The van der Waals surface area contributed by atoms with Crippen LogP contribution >= 0.6 is 11.6 Å². The van der Waals surface area contributed by atoms with Crippen molar-refractivity contribution in [2.24, 2.45) is 5.92 Å². The van der Waals surface area contributed by atoms with E-state index < -0.39 is 17.6 Å². The number of imidazole rings is 1. The Morgan fingerprint density at radius 3 is 2.66 bits per heavy atom. The first-order chi connectivity index (χ1) is 16.8. The zero-order valence-corrected chi connectivity index (χ0v) is 20.2. The topological polar surface area (TPSA) is 125 Å². The summed E-state index contributed by atoms with van der Waals surface area (Å²) >= 11 is 6.06. The van der Waals surface area contributed by atoms with Crippen molar-refractivity contribution in [2.45, 2.75) is 57.6 Å². The third-order valence-electron chi connectivity index (χ3n) is 6.54. The molecule has 188 valence electrons. The van der Waals surface area contributed by atoms with Crippen LogP contribution in [0.25, 0.3) is 0 Å². The Morgan fingerprint density at radius 1 is 1.17 bits per heavy atom. The number of carbonyl (C=O) groups is 3. The van der Waals surface area contributed by atoms with E-state index in [9.17, 15) is 18.8 Å². The van der Waals surface area contributed by atoms with Gasteiger partial charge in [-0.2, -0.15) is 0 Å². The molecule has 1 saturated heterocycles. The Hall–Kier alpha value is -2.98. The first-order valence-electron chi connectivity index (χ1n) is 11.8. The third kappa shape index (κ3) is 6.18. The predicted molar refractivity (Wildman–Crippen MR) is 128 cm³/mol. The number of H-pyrrole nitrogens is 1. The number of anilines is 1. The smallest absolute Gasteiger partial charge is 0.272 e. The summed E-state index contributed by atoms with van der Waals surface area (Å²) in [4.78, 5) is 44.8. The van der Waals surface area contributed by atoms with Gasteiger partial charge in [-0.15, -0.1) is 0 Å². The molecular weight excluding hydrogens is 477 g/mol. The molecule has 1 aliphatic carbocycles. The summed E-state index contributed by atoms with van der Waals surface area (Å²) in [7, 11) is 0. The molecule has 2 heterocycles. The number of hydrogen-bond donors (Lipinski definition) is 4.